The monoisotopic (exact) mass is 331 g/mol. The summed E-state index contributed by atoms with van der Waals surface area (Å²) in [4.78, 5) is 26.5. The van der Waals surface area contributed by atoms with Crippen LogP contribution in [0.1, 0.15) is 45.4 Å². The highest BCUT2D eigenvalue weighted by Gasteiger charge is 2.38. The molecule has 3 rings (SSSR count). The summed E-state index contributed by atoms with van der Waals surface area (Å²) >= 11 is 0. The van der Waals surface area contributed by atoms with E-state index >= 15 is 0 Å². The molecule has 1 aromatic rings. The van der Waals surface area contributed by atoms with Gasteiger partial charge in [-0.25, -0.2) is 0 Å². The minimum Gasteiger partial charge on any atom is -0.492 e. The molecule has 2 aliphatic rings. The molecule has 1 unspecified atom stereocenters. The molecule has 0 bridgehead atoms. The van der Waals surface area contributed by atoms with Gasteiger partial charge in [-0.2, -0.15) is 0 Å². The molecule has 1 saturated heterocycles. The normalized spacial score (nSPS) is 21.8. The number of amides is 1. The summed E-state index contributed by atoms with van der Waals surface area (Å²) < 4.78 is 11.2. The third-order valence-electron chi connectivity index (χ3n) is 4.75. The fourth-order valence-electron chi connectivity index (χ4n) is 3.50. The van der Waals surface area contributed by atoms with Gasteiger partial charge in [0.25, 0.3) is 0 Å². The number of hydrogen-bond donors (Lipinski definition) is 0. The zero-order chi connectivity index (χ0) is 16.9. The number of benzene rings is 1. The van der Waals surface area contributed by atoms with Crippen molar-refractivity contribution in [1.29, 1.82) is 0 Å². The molecule has 1 aromatic carbocycles. The predicted molar refractivity (Wildman–Crippen MR) is 91.0 cm³/mol. The Morgan fingerprint density at radius 2 is 1.96 bits per heavy atom. The maximum Gasteiger partial charge on any atom is 0.311 e. The molecule has 0 radical (unpaired) electrons. The Labute approximate surface area is 142 Å². The van der Waals surface area contributed by atoms with Gasteiger partial charge in [0, 0.05) is 13.0 Å². The van der Waals surface area contributed by atoms with Gasteiger partial charge in [0.1, 0.15) is 11.9 Å². The number of hydrogen-bond acceptors (Lipinski definition) is 4. The Kier molecular flexibility index (Phi) is 5.38. The first-order valence-corrected chi connectivity index (χ1v) is 8.91. The minimum absolute atomic E-state index is 0.0334. The second-order valence-corrected chi connectivity index (χ2v) is 6.50. The van der Waals surface area contributed by atoms with Crippen LogP contribution in [0.4, 0.5) is 5.69 Å². The third-order valence-corrected chi connectivity index (χ3v) is 4.75. The van der Waals surface area contributed by atoms with Gasteiger partial charge in [-0.3, -0.25) is 9.59 Å². The Morgan fingerprint density at radius 3 is 2.71 bits per heavy atom. The quantitative estimate of drug-likeness (QED) is 0.777. The van der Waals surface area contributed by atoms with Gasteiger partial charge < -0.3 is 14.4 Å². The lowest BCUT2D eigenvalue weighted by molar-refractivity contribution is -0.155. The average Bonchev–Trinajstić information content (AvgIpc) is 2.98. The average molecular weight is 331 g/mol. The van der Waals surface area contributed by atoms with Gasteiger partial charge in [0.2, 0.25) is 5.91 Å². The molecule has 5 nitrogen and oxygen atoms in total. The summed E-state index contributed by atoms with van der Waals surface area (Å²) in [5.41, 5.74) is 0.734. The number of nitrogens with zero attached hydrogens (tertiary/aromatic N) is 1. The van der Waals surface area contributed by atoms with Crippen LogP contribution in [0.15, 0.2) is 24.3 Å². The Morgan fingerprint density at radius 1 is 1.21 bits per heavy atom. The van der Waals surface area contributed by atoms with Gasteiger partial charge in [-0.1, -0.05) is 18.6 Å². The zero-order valence-corrected chi connectivity index (χ0v) is 14.2. The van der Waals surface area contributed by atoms with Crippen molar-refractivity contribution in [3.63, 3.8) is 0 Å². The van der Waals surface area contributed by atoms with Crippen molar-refractivity contribution in [2.45, 2.75) is 51.6 Å². The molecule has 5 heteroatoms. The van der Waals surface area contributed by atoms with Crippen molar-refractivity contribution in [1.82, 2.24) is 0 Å². The first-order chi connectivity index (χ1) is 11.7. The van der Waals surface area contributed by atoms with E-state index in [-0.39, 0.29) is 30.3 Å². The number of carbonyl (C=O) groups is 2. The SMILES string of the molecule is CCOc1ccccc1N1CC(C(=O)OC2CCCCC2)CC1=O. The maximum absolute atomic E-state index is 12.4. The Balaban J connectivity index is 1.66. The molecule has 24 heavy (non-hydrogen) atoms. The summed E-state index contributed by atoms with van der Waals surface area (Å²) in [6.07, 6.45) is 5.60. The first kappa shape index (κ1) is 16.8. The van der Waals surface area contributed by atoms with E-state index in [1.807, 2.05) is 31.2 Å². The third kappa shape index (κ3) is 3.71. The summed E-state index contributed by atoms with van der Waals surface area (Å²) in [6.45, 7) is 2.81. The fourth-order valence-corrected chi connectivity index (χ4v) is 3.50. The van der Waals surface area contributed by atoms with Crippen LogP contribution < -0.4 is 9.64 Å². The van der Waals surface area contributed by atoms with Gasteiger partial charge in [-0.05, 0) is 44.7 Å². The molecule has 1 amide bonds. The van der Waals surface area contributed by atoms with Crippen LogP contribution in [-0.4, -0.2) is 31.1 Å². The Hall–Kier alpha value is -2.04. The zero-order valence-electron chi connectivity index (χ0n) is 14.2. The number of anilines is 1. The second-order valence-electron chi connectivity index (χ2n) is 6.50. The van der Waals surface area contributed by atoms with E-state index in [1.165, 1.54) is 6.42 Å². The molecule has 0 aromatic heterocycles. The van der Waals surface area contributed by atoms with Gasteiger partial charge in [0.05, 0.1) is 18.2 Å². The predicted octanol–water partition coefficient (Wildman–Crippen LogP) is 3.31. The van der Waals surface area contributed by atoms with Crippen molar-refractivity contribution >= 4 is 17.6 Å². The largest absolute Gasteiger partial charge is 0.492 e. The Bertz CT molecular complexity index is 595. The highest BCUT2D eigenvalue weighted by molar-refractivity contribution is 6.00. The number of esters is 1. The maximum atomic E-state index is 12.4. The van der Waals surface area contributed by atoms with E-state index in [4.69, 9.17) is 9.47 Å². The van der Waals surface area contributed by atoms with E-state index in [2.05, 4.69) is 0 Å². The molecule has 1 atom stereocenters. The van der Waals surface area contributed by atoms with Crippen molar-refractivity contribution < 1.29 is 19.1 Å². The van der Waals surface area contributed by atoms with E-state index in [0.29, 0.717) is 18.9 Å². The lowest BCUT2D eigenvalue weighted by atomic mass is 9.97. The van der Waals surface area contributed by atoms with Crippen LogP contribution >= 0.6 is 0 Å². The molecule has 0 N–H and O–H groups in total. The van der Waals surface area contributed by atoms with Gasteiger partial charge in [-0.15, -0.1) is 0 Å². The van der Waals surface area contributed by atoms with Crippen LogP contribution in [0.3, 0.4) is 0 Å². The van der Waals surface area contributed by atoms with Crippen molar-refractivity contribution in [2.24, 2.45) is 5.92 Å². The lowest BCUT2D eigenvalue weighted by Gasteiger charge is -2.23. The van der Waals surface area contributed by atoms with Crippen LogP contribution in [0, 0.1) is 5.92 Å². The van der Waals surface area contributed by atoms with Gasteiger partial charge >= 0.3 is 5.97 Å². The molecule has 1 aliphatic carbocycles. The van der Waals surface area contributed by atoms with Crippen molar-refractivity contribution in [2.75, 3.05) is 18.1 Å². The first-order valence-electron chi connectivity index (χ1n) is 8.91. The summed E-state index contributed by atoms with van der Waals surface area (Å²) in [6, 6.07) is 7.46. The number of ether oxygens (including phenoxy) is 2. The second kappa shape index (κ2) is 7.69. The number of carbonyl (C=O) groups excluding carboxylic acids is 2. The fraction of sp³-hybridized carbons (Fsp3) is 0.579. The lowest BCUT2D eigenvalue weighted by Crippen LogP contribution is -2.29. The van der Waals surface area contributed by atoms with Crippen molar-refractivity contribution in [3.05, 3.63) is 24.3 Å². The molecule has 1 aliphatic heterocycles. The topological polar surface area (TPSA) is 55.8 Å². The van der Waals surface area contributed by atoms with Crippen LogP contribution in [-0.2, 0) is 14.3 Å². The molecule has 1 heterocycles. The molecular formula is C19H25NO4. The van der Waals surface area contributed by atoms with E-state index in [1.54, 1.807) is 4.90 Å². The molecule has 130 valence electrons. The number of rotatable bonds is 5. The standard InChI is InChI=1S/C19H25NO4/c1-2-23-17-11-7-6-10-16(17)20-13-14(12-18(20)21)19(22)24-15-8-4-3-5-9-15/h6-7,10-11,14-15H,2-5,8-9,12-13H2,1H3. The van der Waals surface area contributed by atoms with E-state index in [0.717, 1.165) is 31.4 Å². The van der Waals surface area contributed by atoms with Crippen LogP contribution in [0.2, 0.25) is 0 Å². The molecule has 1 saturated carbocycles. The van der Waals surface area contributed by atoms with Crippen molar-refractivity contribution in [3.8, 4) is 5.75 Å². The molecule has 2 fully saturated rings. The summed E-state index contributed by atoms with van der Waals surface area (Å²) in [7, 11) is 0. The summed E-state index contributed by atoms with van der Waals surface area (Å²) in [5.74, 6) is 0.0168. The minimum atomic E-state index is -0.380. The number of para-hydroxylation sites is 2. The highest BCUT2D eigenvalue weighted by Crippen LogP contribution is 2.33. The van der Waals surface area contributed by atoms with E-state index < -0.39 is 0 Å². The smallest absolute Gasteiger partial charge is 0.311 e. The van der Waals surface area contributed by atoms with Gasteiger partial charge in [0.15, 0.2) is 0 Å². The molecular weight excluding hydrogens is 306 g/mol. The van der Waals surface area contributed by atoms with Crippen LogP contribution in [0.5, 0.6) is 5.75 Å². The van der Waals surface area contributed by atoms with Crippen LogP contribution in [0.25, 0.3) is 0 Å². The molecule has 0 spiro atoms. The van der Waals surface area contributed by atoms with E-state index in [9.17, 15) is 9.59 Å². The summed E-state index contributed by atoms with van der Waals surface area (Å²) in [5, 5.41) is 0. The highest BCUT2D eigenvalue weighted by atomic mass is 16.5.